The molecule has 19 heteroatoms. The van der Waals surface area contributed by atoms with Gasteiger partial charge < -0.3 is 14.4 Å². The summed E-state index contributed by atoms with van der Waals surface area (Å²) in [6.07, 6.45) is -5.48. The number of thiazole rings is 1. The van der Waals surface area contributed by atoms with Crippen molar-refractivity contribution >= 4 is 50.5 Å². The molecule has 42 heavy (non-hydrogen) atoms. The molecule has 3 aromatic rings. The van der Waals surface area contributed by atoms with Crippen molar-refractivity contribution in [3.8, 4) is 21.3 Å². The monoisotopic (exact) mass is 677 g/mol. The summed E-state index contributed by atoms with van der Waals surface area (Å²) >= 11 is 13.4. The van der Waals surface area contributed by atoms with Crippen LogP contribution in [-0.4, -0.2) is 76.3 Å². The number of halogens is 7. The van der Waals surface area contributed by atoms with Crippen molar-refractivity contribution in [2.75, 3.05) is 13.1 Å². The molecule has 1 amide bonds. The van der Waals surface area contributed by atoms with Crippen LogP contribution < -0.4 is 4.72 Å². The van der Waals surface area contributed by atoms with Gasteiger partial charge in [0.05, 0.1) is 33.5 Å². The predicted molar refractivity (Wildman–Crippen MR) is 142 cm³/mol. The second-order valence-corrected chi connectivity index (χ2v) is 13.6. The Morgan fingerprint density at radius 2 is 1.90 bits per heavy atom. The van der Waals surface area contributed by atoms with E-state index >= 15 is 0 Å². The molecule has 1 aliphatic heterocycles. The molecule has 1 atom stereocenters. The van der Waals surface area contributed by atoms with E-state index in [0.29, 0.717) is 6.92 Å². The smallest absolute Gasteiger partial charge is 0.404 e. The average molecular weight is 678 g/mol. The van der Waals surface area contributed by atoms with E-state index in [4.69, 9.17) is 27.6 Å². The van der Waals surface area contributed by atoms with Crippen LogP contribution in [0.4, 0.5) is 22.0 Å². The Hall–Kier alpha value is -2.44. The van der Waals surface area contributed by atoms with Crippen molar-refractivity contribution in [3.05, 3.63) is 33.8 Å². The Bertz CT molecular complexity index is 1620. The van der Waals surface area contributed by atoms with Crippen LogP contribution in [-0.2, 0) is 16.4 Å². The first-order valence-corrected chi connectivity index (χ1v) is 15.0. The molecular formula is C23H22Cl2F5N5O5S2. The van der Waals surface area contributed by atoms with Crippen molar-refractivity contribution in [2.45, 2.75) is 62.3 Å². The highest BCUT2D eigenvalue weighted by molar-refractivity contribution is 7.89. The number of hydrogen-bond donors (Lipinski definition) is 2. The molecule has 230 valence electrons. The fourth-order valence-corrected chi connectivity index (χ4v) is 7.02. The molecule has 1 fully saturated rings. The summed E-state index contributed by atoms with van der Waals surface area (Å²) < 4.78 is 99.1. The molecule has 2 aromatic heterocycles. The molecule has 0 spiro atoms. The fraction of sp³-hybridized carbons (Fsp3) is 0.478. The number of carbonyl (C=O) groups is 1. The van der Waals surface area contributed by atoms with Crippen molar-refractivity contribution in [1.29, 1.82) is 0 Å². The molecule has 4 rings (SSSR count). The van der Waals surface area contributed by atoms with E-state index in [2.05, 4.69) is 15.2 Å². The normalized spacial score (nSPS) is 16.7. The third kappa shape index (κ3) is 7.02. The lowest BCUT2D eigenvalue weighted by Crippen LogP contribution is -2.43. The molecule has 0 saturated carbocycles. The van der Waals surface area contributed by atoms with Crippen molar-refractivity contribution in [3.63, 3.8) is 0 Å². The summed E-state index contributed by atoms with van der Waals surface area (Å²) in [5.41, 5.74) is -1.61. The molecular weight excluding hydrogens is 656 g/mol. The summed E-state index contributed by atoms with van der Waals surface area (Å²) in [4.78, 5) is 17.7. The predicted octanol–water partition coefficient (Wildman–Crippen LogP) is 5.19. The van der Waals surface area contributed by atoms with Crippen LogP contribution >= 0.6 is 34.5 Å². The fourth-order valence-electron chi connectivity index (χ4n) is 3.86. The van der Waals surface area contributed by atoms with Crippen molar-refractivity contribution in [2.24, 2.45) is 0 Å². The van der Waals surface area contributed by atoms with E-state index in [-0.39, 0.29) is 45.9 Å². The maximum absolute atomic E-state index is 13.9. The van der Waals surface area contributed by atoms with Crippen LogP contribution in [0, 0.1) is 0 Å². The van der Waals surface area contributed by atoms with Gasteiger partial charge >= 0.3 is 6.18 Å². The number of alkyl halides is 5. The lowest BCUT2D eigenvalue weighted by atomic mass is 10.1. The van der Waals surface area contributed by atoms with Gasteiger partial charge in [0.1, 0.15) is 16.6 Å². The van der Waals surface area contributed by atoms with Gasteiger partial charge in [0, 0.05) is 18.5 Å². The Kier molecular flexibility index (Phi) is 8.69. The maximum Gasteiger partial charge on any atom is 0.404 e. The molecule has 2 N–H and O–H groups in total. The number of rotatable bonds is 8. The van der Waals surface area contributed by atoms with Gasteiger partial charge in [-0.3, -0.25) is 4.79 Å². The van der Waals surface area contributed by atoms with Gasteiger partial charge in [0.2, 0.25) is 15.9 Å². The second-order valence-electron chi connectivity index (χ2n) is 10.1. The van der Waals surface area contributed by atoms with Gasteiger partial charge in [-0.25, -0.2) is 22.2 Å². The summed E-state index contributed by atoms with van der Waals surface area (Å²) in [5.74, 6) is -4.15. The standard InChI is InChI=1S/C23H22Cl2F5N5O5S2/c1-10(23(28,29)30)34-42(38,39)12-5-4-11(14(24)15(12)25)17-16(20(36)35-7-6-22(26,27)9-35)31-19(41-17)18-33-32-13(40-18)8-21(2,3)37/h4-5,10,34,37H,6-9H2,1-3H3. The van der Waals surface area contributed by atoms with Crippen molar-refractivity contribution < 1.29 is 44.7 Å². The number of nitrogens with zero attached hydrogens (tertiary/aromatic N) is 4. The average Bonchev–Trinajstić information content (AvgIpc) is 3.56. The minimum absolute atomic E-state index is 0.0226. The van der Waals surface area contributed by atoms with Gasteiger partial charge in [0.15, 0.2) is 5.01 Å². The van der Waals surface area contributed by atoms with Crippen LogP contribution in [0.15, 0.2) is 21.4 Å². The third-order valence-electron chi connectivity index (χ3n) is 5.92. The molecule has 1 aliphatic rings. The number of benzene rings is 1. The topological polar surface area (TPSA) is 139 Å². The van der Waals surface area contributed by atoms with Crippen LogP contribution in [0.5, 0.6) is 0 Å². The van der Waals surface area contributed by atoms with E-state index in [9.17, 15) is 40.3 Å². The summed E-state index contributed by atoms with van der Waals surface area (Å²) in [5, 5.41) is 16.6. The first kappa shape index (κ1) is 32.5. The molecule has 1 saturated heterocycles. The van der Waals surface area contributed by atoms with Crippen LogP contribution in [0.2, 0.25) is 10.0 Å². The second kappa shape index (κ2) is 11.2. The van der Waals surface area contributed by atoms with Crippen molar-refractivity contribution in [1.82, 2.24) is 24.8 Å². The minimum Gasteiger partial charge on any atom is -0.419 e. The number of likely N-dealkylation sites (tertiary alicyclic amines) is 1. The molecule has 1 aromatic carbocycles. The SMILES string of the molecule is CC(NS(=O)(=O)c1ccc(-c2sc(-c3nnc(CC(C)(C)O)o3)nc2C(=O)N2CCC(F)(F)C2)c(Cl)c1Cl)C(F)(F)F. The summed E-state index contributed by atoms with van der Waals surface area (Å²) in [6.45, 7) is 2.47. The van der Waals surface area contributed by atoms with Crippen LogP contribution in [0.3, 0.4) is 0 Å². The Balaban J connectivity index is 1.79. The van der Waals surface area contributed by atoms with E-state index in [1.54, 1.807) is 0 Å². The lowest BCUT2D eigenvalue weighted by Gasteiger charge is -2.19. The maximum atomic E-state index is 13.9. The largest absolute Gasteiger partial charge is 0.419 e. The minimum atomic E-state index is -4.88. The highest BCUT2D eigenvalue weighted by Gasteiger charge is 2.42. The Morgan fingerprint density at radius 3 is 2.48 bits per heavy atom. The van der Waals surface area contributed by atoms with E-state index < -0.39 is 67.6 Å². The van der Waals surface area contributed by atoms with Crippen LogP contribution in [0.1, 0.15) is 43.6 Å². The Morgan fingerprint density at radius 1 is 1.24 bits per heavy atom. The molecule has 0 bridgehead atoms. The van der Waals surface area contributed by atoms with Gasteiger partial charge in [0.25, 0.3) is 17.7 Å². The Labute approximate surface area is 249 Å². The first-order valence-electron chi connectivity index (χ1n) is 12.0. The molecule has 1 unspecified atom stereocenters. The number of amides is 1. The van der Waals surface area contributed by atoms with E-state index in [1.807, 2.05) is 0 Å². The highest BCUT2D eigenvalue weighted by Crippen LogP contribution is 2.44. The number of aromatic nitrogens is 3. The highest BCUT2D eigenvalue weighted by atomic mass is 35.5. The van der Waals surface area contributed by atoms with Gasteiger partial charge in [-0.2, -0.15) is 17.9 Å². The number of nitrogens with one attached hydrogen (secondary N) is 1. The zero-order valence-electron chi connectivity index (χ0n) is 21.9. The first-order chi connectivity index (χ1) is 19.2. The molecule has 0 radical (unpaired) electrons. The molecule has 10 nitrogen and oxygen atoms in total. The van der Waals surface area contributed by atoms with Gasteiger partial charge in [-0.15, -0.1) is 21.5 Å². The van der Waals surface area contributed by atoms with Gasteiger partial charge in [-0.1, -0.05) is 29.3 Å². The lowest BCUT2D eigenvalue weighted by molar-refractivity contribution is -0.147. The number of aliphatic hydroxyl groups is 1. The quantitative estimate of drug-likeness (QED) is 0.311. The zero-order chi connectivity index (χ0) is 31.4. The van der Waals surface area contributed by atoms with Gasteiger partial charge in [-0.05, 0) is 26.8 Å². The third-order valence-corrected chi connectivity index (χ3v) is 9.58. The molecule has 0 aliphatic carbocycles. The van der Waals surface area contributed by atoms with E-state index in [1.165, 1.54) is 18.6 Å². The summed E-state index contributed by atoms with van der Waals surface area (Å²) in [7, 11) is -4.81. The van der Waals surface area contributed by atoms with Crippen LogP contribution in [0.25, 0.3) is 21.3 Å². The summed E-state index contributed by atoms with van der Waals surface area (Å²) in [6, 6.07) is -0.457. The molecule has 3 heterocycles. The number of hydrogen-bond acceptors (Lipinski definition) is 9. The number of carbonyl (C=O) groups excluding carboxylic acids is 1. The van der Waals surface area contributed by atoms with E-state index in [0.717, 1.165) is 28.4 Å². The number of sulfonamides is 1. The zero-order valence-corrected chi connectivity index (χ0v) is 25.0.